The molecule has 1 N–H and O–H groups in total. The third-order valence-electron chi connectivity index (χ3n) is 2.36. The van der Waals surface area contributed by atoms with Crippen molar-refractivity contribution >= 4 is 23.5 Å². The summed E-state index contributed by atoms with van der Waals surface area (Å²) in [7, 11) is 3.00. The third kappa shape index (κ3) is 6.21. The van der Waals surface area contributed by atoms with Crippen molar-refractivity contribution in [3.63, 3.8) is 0 Å². The van der Waals surface area contributed by atoms with E-state index in [2.05, 4.69) is 26.9 Å². The van der Waals surface area contributed by atoms with E-state index in [1.54, 1.807) is 7.11 Å². The Bertz CT molecular complexity index is 429. The van der Waals surface area contributed by atoms with E-state index in [0.717, 1.165) is 23.8 Å². The largest absolute Gasteiger partial charge is 0.469 e. The second kappa shape index (κ2) is 9.55. The second-order valence-corrected chi connectivity index (χ2v) is 5.16. The van der Waals surface area contributed by atoms with Crippen molar-refractivity contribution < 1.29 is 14.3 Å². The molecule has 0 aromatic carbocycles. The maximum absolute atomic E-state index is 11.1. The smallest absolute Gasteiger partial charge is 0.306 e. The molecule has 7 heteroatoms. The van der Waals surface area contributed by atoms with Gasteiger partial charge in [-0.3, -0.25) is 4.79 Å². The molecule has 0 fully saturated rings. The lowest BCUT2D eigenvalue weighted by Gasteiger charge is -2.08. The van der Waals surface area contributed by atoms with Crippen molar-refractivity contribution in [1.29, 1.82) is 0 Å². The summed E-state index contributed by atoms with van der Waals surface area (Å²) in [6.07, 6.45) is 1.39. The van der Waals surface area contributed by atoms with Crippen LogP contribution in [0.1, 0.15) is 25.6 Å². The highest BCUT2D eigenvalue weighted by molar-refractivity contribution is 7.99. The first-order chi connectivity index (χ1) is 9.69. The molecule has 0 amide bonds. The molecule has 0 aliphatic rings. The number of aromatic nitrogens is 2. The molecule has 0 atom stereocenters. The minimum atomic E-state index is -0.215. The molecule has 0 radical (unpaired) electrons. The van der Waals surface area contributed by atoms with Crippen molar-refractivity contribution in [2.75, 3.05) is 31.8 Å². The van der Waals surface area contributed by atoms with Gasteiger partial charge in [-0.15, -0.1) is 11.8 Å². The summed E-state index contributed by atoms with van der Waals surface area (Å²) < 4.78 is 9.68. The molecule has 112 valence electrons. The summed E-state index contributed by atoms with van der Waals surface area (Å²) in [4.78, 5) is 19.8. The zero-order valence-electron chi connectivity index (χ0n) is 12.1. The third-order valence-corrected chi connectivity index (χ3v) is 3.28. The molecule has 6 nitrogen and oxygen atoms in total. The lowest BCUT2D eigenvalue weighted by Crippen LogP contribution is -2.07. The van der Waals surface area contributed by atoms with Gasteiger partial charge in [0, 0.05) is 25.5 Å². The Hall–Kier alpha value is -1.34. The summed E-state index contributed by atoms with van der Waals surface area (Å²) in [6, 6.07) is 1.89. The fourth-order valence-electron chi connectivity index (χ4n) is 1.42. The van der Waals surface area contributed by atoms with Crippen molar-refractivity contribution in [3.8, 4) is 0 Å². The number of rotatable bonds is 9. The molecule has 1 aromatic rings. The predicted molar refractivity (Wildman–Crippen MR) is 78.9 cm³/mol. The van der Waals surface area contributed by atoms with Crippen LogP contribution in [-0.4, -0.2) is 42.5 Å². The average Bonchev–Trinajstić information content (AvgIpc) is 2.45. The van der Waals surface area contributed by atoms with Gasteiger partial charge < -0.3 is 14.8 Å². The molecular weight excluding hydrogens is 278 g/mol. The summed E-state index contributed by atoms with van der Waals surface area (Å²) in [5.41, 5.74) is 0. The Morgan fingerprint density at radius 2 is 2.20 bits per heavy atom. The quantitative estimate of drug-likeness (QED) is 0.425. The molecule has 1 heterocycles. The molecular formula is C13H21N3O3S. The molecule has 1 rings (SSSR count). The first kappa shape index (κ1) is 16.7. The number of hydrogen-bond donors (Lipinski definition) is 1. The number of methoxy groups -OCH3 is 2. The first-order valence-corrected chi connectivity index (χ1v) is 7.48. The van der Waals surface area contributed by atoms with Gasteiger partial charge in [-0.05, 0) is 6.42 Å². The normalized spacial score (nSPS) is 10.3. The van der Waals surface area contributed by atoms with E-state index in [-0.39, 0.29) is 5.97 Å². The minimum Gasteiger partial charge on any atom is -0.469 e. The molecule has 0 bridgehead atoms. The van der Waals surface area contributed by atoms with Crippen LogP contribution in [0.2, 0.25) is 0 Å². The summed E-state index contributed by atoms with van der Waals surface area (Å²) in [6.45, 7) is 3.32. The topological polar surface area (TPSA) is 73.3 Å². The molecule has 0 saturated carbocycles. The van der Waals surface area contributed by atoms with Crippen molar-refractivity contribution in [2.45, 2.75) is 31.4 Å². The van der Waals surface area contributed by atoms with E-state index in [0.29, 0.717) is 24.6 Å². The SMILES string of the molecule is CCCNc1cc(SCCC(=O)OC)nc(COC)n1. The molecule has 0 spiro atoms. The van der Waals surface area contributed by atoms with Gasteiger partial charge in [-0.1, -0.05) is 6.92 Å². The number of carbonyl (C=O) groups excluding carboxylic acids is 1. The molecule has 0 aliphatic carbocycles. The monoisotopic (exact) mass is 299 g/mol. The maximum Gasteiger partial charge on any atom is 0.306 e. The van der Waals surface area contributed by atoms with Crippen molar-refractivity contribution in [1.82, 2.24) is 9.97 Å². The summed E-state index contributed by atoms with van der Waals surface area (Å²) in [5.74, 6) is 1.83. The lowest BCUT2D eigenvalue weighted by molar-refractivity contribution is -0.140. The van der Waals surface area contributed by atoms with Crippen LogP contribution in [0.5, 0.6) is 0 Å². The number of nitrogens with one attached hydrogen (secondary N) is 1. The van der Waals surface area contributed by atoms with E-state index >= 15 is 0 Å². The van der Waals surface area contributed by atoms with Gasteiger partial charge in [0.1, 0.15) is 17.5 Å². The Labute approximate surface area is 123 Å². The van der Waals surface area contributed by atoms with Crippen molar-refractivity contribution in [2.24, 2.45) is 0 Å². The van der Waals surface area contributed by atoms with E-state index in [1.165, 1.54) is 18.9 Å². The van der Waals surface area contributed by atoms with E-state index in [1.807, 2.05) is 6.07 Å². The van der Waals surface area contributed by atoms with Gasteiger partial charge in [-0.2, -0.15) is 0 Å². The number of anilines is 1. The van der Waals surface area contributed by atoms with Crippen LogP contribution >= 0.6 is 11.8 Å². The van der Waals surface area contributed by atoms with Crippen LogP contribution in [0.15, 0.2) is 11.1 Å². The number of ether oxygens (including phenoxy) is 2. The van der Waals surface area contributed by atoms with Crippen LogP contribution in [-0.2, 0) is 20.9 Å². The Balaban J connectivity index is 2.66. The van der Waals surface area contributed by atoms with Gasteiger partial charge in [0.15, 0.2) is 5.82 Å². The van der Waals surface area contributed by atoms with E-state index in [4.69, 9.17) is 4.74 Å². The standard InChI is InChI=1S/C13H21N3O3S/c1-4-6-14-10-8-12(16-11(15-10)9-18-2)20-7-5-13(17)19-3/h8H,4-7,9H2,1-3H3,(H,14,15,16). The number of nitrogens with zero attached hydrogens (tertiary/aromatic N) is 2. The van der Waals surface area contributed by atoms with Crippen LogP contribution in [0.4, 0.5) is 5.82 Å². The summed E-state index contributed by atoms with van der Waals surface area (Å²) in [5, 5.41) is 4.06. The van der Waals surface area contributed by atoms with Crippen LogP contribution in [0.3, 0.4) is 0 Å². The first-order valence-electron chi connectivity index (χ1n) is 6.50. The van der Waals surface area contributed by atoms with Gasteiger partial charge in [-0.25, -0.2) is 9.97 Å². The zero-order chi connectivity index (χ0) is 14.8. The van der Waals surface area contributed by atoms with Crippen LogP contribution in [0, 0.1) is 0 Å². The summed E-state index contributed by atoms with van der Waals surface area (Å²) >= 11 is 1.50. The van der Waals surface area contributed by atoms with Crippen molar-refractivity contribution in [3.05, 3.63) is 11.9 Å². The molecule has 1 aromatic heterocycles. The van der Waals surface area contributed by atoms with Crippen LogP contribution in [0.25, 0.3) is 0 Å². The van der Waals surface area contributed by atoms with Gasteiger partial charge in [0.2, 0.25) is 0 Å². The number of carbonyl (C=O) groups is 1. The molecule has 0 saturated heterocycles. The number of thioether (sulfide) groups is 1. The molecule has 0 unspecified atom stereocenters. The lowest BCUT2D eigenvalue weighted by atomic mass is 10.4. The second-order valence-electron chi connectivity index (χ2n) is 4.04. The maximum atomic E-state index is 11.1. The van der Waals surface area contributed by atoms with Crippen LogP contribution < -0.4 is 5.32 Å². The van der Waals surface area contributed by atoms with E-state index in [9.17, 15) is 4.79 Å². The Kier molecular flexibility index (Phi) is 7.98. The Morgan fingerprint density at radius 3 is 2.85 bits per heavy atom. The minimum absolute atomic E-state index is 0.215. The van der Waals surface area contributed by atoms with Gasteiger partial charge in [0.05, 0.1) is 13.5 Å². The highest BCUT2D eigenvalue weighted by atomic mass is 32.2. The fourth-order valence-corrected chi connectivity index (χ4v) is 2.27. The molecule has 20 heavy (non-hydrogen) atoms. The number of esters is 1. The highest BCUT2D eigenvalue weighted by Gasteiger charge is 2.07. The average molecular weight is 299 g/mol. The fraction of sp³-hybridized carbons (Fsp3) is 0.615. The van der Waals surface area contributed by atoms with Gasteiger partial charge in [0.25, 0.3) is 0 Å². The van der Waals surface area contributed by atoms with E-state index < -0.39 is 0 Å². The van der Waals surface area contributed by atoms with Gasteiger partial charge >= 0.3 is 5.97 Å². The highest BCUT2D eigenvalue weighted by Crippen LogP contribution is 2.20. The number of hydrogen-bond acceptors (Lipinski definition) is 7. The molecule has 0 aliphatic heterocycles. The Morgan fingerprint density at radius 1 is 1.40 bits per heavy atom. The zero-order valence-corrected chi connectivity index (χ0v) is 13.0. The predicted octanol–water partition coefficient (Wildman–Crippen LogP) is 2.10.